The highest BCUT2D eigenvalue weighted by Crippen LogP contribution is 2.36. The maximum atomic E-state index is 13.4. The van der Waals surface area contributed by atoms with Crippen LogP contribution in [-0.4, -0.2) is 26.2 Å². The summed E-state index contributed by atoms with van der Waals surface area (Å²) < 4.78 is 105. The van der Waals surface area contributed by atoms with Crippen LogP contribution in [0.15, 0.2) is 12.1 Å². The van der Waals surface area contributed by atoms with Crippen molar-refractivity contribution >= 4 is 13.1 Å². The summed E-state index contributed by atoms with van der Waals surface area (Å²) in [7, 11) is 0. The molecule has 0 atom stereocenters. The zero-order valence-electron chi connectivity index (χ0n) is 43.9. The molecule has 2 rings (SSSR count). The van der Waals surface area contributed by atoms with Crippen LogP contribution in [0.2, 0.25) is 21.1 Å². The van der Waals surface area contributed by atoms with Crippen molar-refractivity contribution in [2.24, 2.45) is 0 Å². The first-order valence-electron chi connectivity index (χ1n) is 28.1. The van der Waals surface area contributed by atoms with E-state index in [0.717, 1.165) is 0 Å². The summed E-state index contributed by atoms with van der Waals surface area (Å²) in [5.74, 6) is -17.6. The van der Waals surface area contributed by atoms with Gasteiger partial charge in [0.15, 0.2) is 40.7 Å². The van der Waals surface area contributed by atoms with Gasteiger partial charge in [0, 0.05) is 5.56 Å². The third kappa shape index (κ3) is 30.7. The third-order valence-corrected chi connectivity index (χ3v) is 20.5. The van der Waals surface area contributed by atoms with Crippen LogP contribution >= 0.6 is 0 Å². The molecule has 0 aliphatic heterocycles. The fourth-order valence-corrected chi connectivity index (χ4v) is 15.9. The van der Waals surface area contributed by atoms with Gasteiger partial charge in [0.25, 0.3) is 0 Å². The van der Waals surface area contributed by atoms with E-state index in [1.807, 2.05) is 0 Å². The average molecular weight is 978 g/mol. The molecule has 2 aromatic carbocycles. The molecule has 1 nitrogen and oxygen atoms in total. The Morgan fingerprint density at radius 1 is 0.299 bits per heavy atom. The van der Waals surface area contributed by atoms with Crippen molar-refractivity contribution in [3.8, 4) is 11.1 Å². The van der Waals surface area contributed by atoms with E-state index < -0.39 is 70.7 Å². The zero-order chi connectivity index (χ0) is 50.0. The van der Waals surface area contributed by atoms with Crippen LogP contribution in [-0.2, 0) is 0 Å². The first-order valence-corrected chi connectivity index (χ1v) is 31.4. The van der Waals surface area contributed by atoms with Gasteiger partial charge >= 0.3 is 0 Å². The van der Waals surface area contributed by atoms with Gasteiger partial charge in [-0.25, -0.2) is 35.1 Å². The number of nitrogens with two attached hydrogens (primary N) is 1. The van der Waals surface area contributed by atoms with E-state index in [4.69, 9.17) is 0 Å². The zero-order valence-corrected chi connectivity index (χ0v) is 45.1. The summed E-state index contributed by atoms with van der Waals surface area (Å²) in [6, 6.07) is 0.665. The van der Waals surface area contributed by atoms with Crippen molar-refractivity contribution in [2.45, 2.75) is 275 Å². The van der Waals surface area contributed by atoms with Crippen LogP contribution in [0.1, 0.15) is 253 Å². The van der Waals surface area contributed by atoms with Crippen LogP contribution in [0, 0.1) is 46.5 Å². The Hall–Kier alpha value is -1.63. The first-order chi connectivity index (χ1) is 32.4. The molecule has 2 N–H and O–H groups in total. The molecule has 2 aromatic rings. The summed E-state index contributed by atoms with van der Waals surface area (Å²) in [6.07, 6.45) is 48.6. The minimum atomic E-state index is -2.44. The number of rotatable bonds is 40. The third-order valence-electron chi connectivity index (χ3n) is 14.0. The Balaban J connectivity index is 0.00000108. The molecule has 0 spiro atoms. The Kier molecular flexibility index (Phi) is 43.2. The minimum absolute atomic E-state index is 0.297. The maximum absolute atomic E-state index is 13.4. The Morgan fingerprint density at radius 2 is 0.582 bits per heavy atom. The molecule has 0 unspecified atom stereocenters. The predicted octanol–water partition coefficient (Wildman–Crippen LogP) is 20.4. The fraction of sp³-hybridized carbons (Fsp3) is 0.789. The molecule has 0 bridgehead atoms. The second-order valence-electron chi connectivity index (χ2n) is 20.0. The molecule has 0 radical (unpaired) electrons. The van der Waals surface area contributed by atoms with Crippen LogP contribution in [0.5, 0.6) is 0 Å². The Labute approximate surface area is 409 Å². The van der Waals surface area contributed by atoms with Gasteiger partial charge in [-0.1, -0.05) is 234 Å². The van der Waals surface area contributed by atoms with Crippen molar-refractivity contribution in [2.75, 3.05) is 13.1 Å². The van der Waals surface area contributed by atoms with Crippen molar-refractivity contribution < 1.29 is 40.4 Å². The van der Waals surface area contributed by atoms with Gasteiger partial charge in [-0.15, -0.1) is 0 Å². The van der Waals surface area contributed by atoms with Gasteiger partial charge < -0.3 is 5.32 Å². The van der Waals surface area contributed by atoms with Crippen LogP contribution in [0.25, 0.3) is 11.1 Å². The summed E-state index contributed by atoms with van der Waals surface area (Å²) in [6.45, 7) is 16.6. The largest absolute Gasteiger partial charge is 0.346 e. The molecule has 0 aliphatic carbocycles. The van der Waals surface area contributed by atoms with Crippen molar-refractivity contribution in [1.29, 1.82) is 0 Å². The number of hydrogen-bond donors (Lipinski definition) is 1. The summed E-state index contributed by atoms with van der Waals surface area (Å²) >= 11 is -1.42. The SMILES string of the molecule is CCCCCCCCC[NH2+]CCCC.CCCCCCC[CH2][Al-]([CH2]CCCCCCC)([CH2]CCCCCCC)[CH2]CCCCCCC.Fc1ccc(-c2c(F)c(F)c(F)c(F)c2F)c(F)c1F. The van der Waals surface area contributed by atoms with Gasteiger partial charge in [-0.2, -0.15) is 21.1 Å². The summed E-state index contributed by atoms with van der Waals surface area (Å²) in [4.78, 5) is 0. The van der Waals surface area contributed by atoms with E-state index in [0.29, 0.717) is 12.1 Å². The topological polar surface area (TPSA) is 16.6 Å². The van der Waals surface area contributed by atoms with Crippen LogP contribution in [0.4, 0.5) is 35.1 Å². The lowest BCUT2D eigenvalue weighted by Crippen LogP contribution is -2.84. The molecule has 0 saturated heterocycles. The standard InChI is InChI=1S/C13H29N.C12H2F8.4C8H17.Al/c1-3-5-7-8-9-10-11-13-14-12-6-4-2;13-4-2-1-3(6(14)7(4)15)5-8(16)10(18)12(20)11(19)9(5)17;4*1-3-5-7-8-6-4-2;/h14H,3-13H2,1-2H3;1-2H;4*1,3-8H2,2H3;/q;;;;;;-1/p+1. The molecule has 0 heterocycles. The lowest BCUT2D eigenvalue weighted by molar-refractivity contribution is -0.655. The lowest BCUT2D eigenvalue weighted by atomic mass is 10.0. The van der Waals surface area contributed by atoms with E-state index in [-0.39, 0.29) is 0 Å². The van der Waals surface area contributed by atoms with E-state index in [1.165, 1.54) is 199 Å². The molecular formula is C57H100AlF8N. The van der Waals surface area contributed by atoms with Gasteiger partial charge in [0.2, 0.25) is 5.82 Å². The van der Waals surface area contributed by atoms with Crippen LogP contribution in [0.3, 0.4) is 0 Å². The first kappa shape index (κ1) is 65.4. The molecule has 0 aromatic heterocycles. The van der Waals surface area contributed by atoms with Gasteiger partial charge in [0.1, 0.15) is 13.1 Å². The number of quaternary nitrogens is 1. The van der Waals surface area contributed by atoms with Gasteiger partial charge in [-0.05, 0) is 31.4 Å². The van der Waals surface area contributed by atoms with E-state index in [2.05, 4.69) is 46.9 Å². The Bertz CT molecular complexity index is 1350. The van der Waals surface area contributed by atoms with Crippen molar-refractivity contribution in [3.05, 3.63) is 58.7 Å². The highest BCUT2D eigenvalue weighted by molar-refractivity contribution is 6.79. The lowest BCUT2D eigenvalue weighted by Gasteiger charge is -2.37. The minimum Gasteiger partial charge on any atom is -0.346 e. The molecule has 0 amide bonds. The van der Waals surface area contributed by atoms with Crippen LogP contribution < -0.4 is 5.32 Å². The molecular weight excluding hydrogens is 878 g/mol. The number of unbranched alkanes of at least 4 members (excludes halogenated alkanes) is 27. The predicted molar refractivity (Wildman–Crippen MR) is 275 cm³/mol. The molecule has 0 aliphatic rings. The molecule has 0 fully saturated rings. The average Bonchev–Trinajstić information content (AvgIpc) is 3.33. The molecule has 67 heavy (non-hydrogen) atoms. The molecule has 10 heteroatoms. The fourth-order valence-electron chi connectivity index (χ4n) is 9.60. The molecule has 392 valence electrons. The smallest absolute Gasteiger partial charge is 0.200 e. The highest BCUT2D eigenvalue weighted by Gasteiger charge is 2.30. The second kappa shape index (κ2) is 44.3. The molecule has 0 saturated carbocycles. The number of benzene rings is 2. The van der Waals surface area contributed by atoms with Crippen molar-refractivity contribution in [3.63, 3.8) is 0 Å². The normalized spacial score (nSPS) is 11.4. The monoisotopic (exact) mass is 978 g/mol. The number of halogens is 8. The van der Waals surface area contributed by atoms with E-state index in [1.54, 1.807) is 46.8 Å². The highest BCUT2D eigenvalue weighted by atomic mass is 27.2. The summed E-state index contributed by atoms with van der Waals surface area (Å²) in [5, 5.41) is 9.31. The number of hydrogen-bond acceptors (Lipinski definition) is 0. The van der Waals surface area contributed by atoms with E-state index in [9.17, 15) is 35.1 Å². The van der Waals surface area contributed by atoms with Crippen molar-refractivity contribution in [1.82, 2.24) is 0 Å². The van der Waals surface area contributed by atoms with Gasteiger partial charge in [-0.3, -0.25) is 0 Å². The quantitative estimate of drug-likeness (QED) is 0.0225. The maximum Gasteiger partial charge on any atom is 0.200 e. The summed E-state index contributed by atoms with van der Waals surface area (Å²) in [5.41, 5.74) is -2.95. The second-order valence-corrected chi connectivity index (χ2v) is 25.7. The van der Waals surface area contributed by atoms with Gasteiger partial charge in [0.05, 0.1) is 18.7 Å². The van der Waals surface area contributed by atoms with E-state index >= 15 is 0 Å². The Morgan fingerprint density at radius 3 is 0.925 bits per heavy atom.